The number of rotatable bonds is 7. The zero-order valence-corrected chi connectivity index (χ0v) is 17.7. The highest BCUT2D eigenvalue weighted by Crippen LogP contribution is 2.27. The number of para-hydroxylation sites is 1. The highest BCUT2D eigenvalue weighted by molar-refractivity contribution is 5.95. The van der Waals surface area contributed by atoms with Gasteiger partial charge in [-0.15, -0.1) is 0 Å². The molecule has 1 aliphatic rings. The first-order chi connectivity index (χ1) is 15.1. The lowest BCUT2D eigenvalue weighted by Gasteiger charge is -2.31. The monoisotopic (exact) mass is 413 g/mol. The Morgan fingerprint density at radius 2 is 1.58 bits per heavy atom. The van der Waals surface area contributed by atoms with Crippen molar-refractivity contribution >= 4 is 23.2 Å². The number of nitrogens with zero attached hydrogens (tertiary/aromatic N) is 1. The summed E-state index contributed by atoms with van der Waals surface area (Å²) in [4.78, 5) is 27.1. The zero-order valence-electron chi connectivity index (χ0n) is 17.7. The van der Waals surface area contributed by atoms with E-state index in [9.17, 15) is 9.59 Å². The quantitative estimate of drug-likeness (QED) is 0.601. The molecule has 0 aromatic heterocycles. The van der Waals surface area contributed by atoms with Crippen LogP contribution < -0.4 is 15.5 Å². The Hall–Kier alpha value is -3.60. The molecule has 1 heterocycles. The Kier molecular flexibility index (Phi) is 6.03. The average molecular weight is 414 g/mol. The highest BCUT2D eigenvalue weighted by Gasteiger charge is 2.35. The molecule has 1 aliphatic heterocycles. The summed E-state index contributed by atoms with van der Waals surface area (Å²) in [5.74, 6) is 0.0630. The minimum absolute atomic E-state index is 0.110. The first-order valence-electron chi connectivity index (χ1n) is 10.6. The number of benzene rings is 3. The number of carbonyl (C=O) groups excluding carboxylic acids is 2. The summed E-state index contributed by atoms with van der Waals surface area (Å²) in [5, 5.41) is 6.48. The Bertz CT molecular complexity index is 1040. The second-order valence-electron chi connectivity index (χ2n) is 7.98. The van der Waals surface area contributed by atoms with Crippen molar-refractivity contribution in [2.75, 3.05) is 16.8 Å². The standard InChI is InChI=1S/C26H27N3O2/c1-26(21-9-4-2-5-10-21,28-22-11-6-3-7-12-22)25(31)27-19-20-14-16-23(17-15-20)29-18-8-13-24(29)30/h2-7,9-12,14-17,28H,8,13,18-19H2,1H3,(H,27,31). The predicted octanol–water partition coefficient (Wildman–Crippen LogP) is 4.46. The number of anilines is 2. The van der Waals surface area contributed by atoms with Crippen molar-refractivity contribution in [3.63, 3.8) is 0 Å². The minimum atomic E-state index is -0.926. The van der Waals surface area contributed by atoms with Crippen LogP contribution in [0, 0.1) is 0 Å². The lowest BCUT2D eigenvalue weighted by atomic mass is 9.90. The second-order valence-corrected chi connectivity index (χ2v) is 7.98. The van der Waals surface area contributed by atoms with Crippen molar-refractivity contribution < 1.29 is 9.59 Å². The Labute approximate surface area is 183 Å². The third-order valence-electron chi connectivity index (χ3n) is 5.75. The maximum absolute atomic E-state index is 13.3. The van der Waals surface area contributed by atoms with Crippen molar-refractivity contribution in [1.29, 1.82) is 0 Å². The Morgan fingerprint density at radius 3 is 2.19 bits per heavy atom. The van der Waals surface area contributed by atoms with E-state index in [0.29, 0.717) is 13.0 Å². The maximum Gasteiger partial charge on any atom is 0.250 e. The fraction of sp³-hybridized carbons (Fsp3) is 0.231. The van der Waals surface area contributed by atoms with Crippen LogP contribution in [0.1, 0.15) is 30.9 Å². The molecule has 0 bridgehead atoms. The van der Waals surface area contributed by atoms with Gasteiger partial charge in [-0.05, 0) is 48.7 Å². The van der Waals surface area contributed by atoms with Crippen molar-refractivity contribution in [2.45, 2.75) is 31.8 Å². The molecule has 1 atom stereocenters. The van der Waals surface area contributed by atoms with Gasteiger partial charge in [0.25, 0.3) is 0 Å². The van der Waals surface area contributed by atoms with Gasteiger partial charge in [0.2, 0.25) is 11.8 Å². The van der Waals surface area contributed by atoms with Gasteiger partial charge in [0.1, 0.15) is 5.54 Å². The third kappa shape index (κ3) is 4.61. The molecule has 0 spiro atoms. The number of nitrogens with one attached hydrogen (secondary N) is 2. The largest absolute Gasteiger partial charge is 0.368 e. The first kappa shape index (κ1) is 20.7. The van der Waals surface area contributed by atoms with Gasteiger partial charge in [0.05, 0.1) is 0 Å². The normalized spacial score (nSPS) is 15.4. The SMILES string of the molecule is CC(Nc1ccccc1)(C(=O)NCc1ccc(N2CCCC2=O)cc1)c1ccccc1. The highest BCUT2D eigenvalue weighted by atomic mass is 16.2. The van der Waals surface area contributed by atoms with Crippen molar-refractivity contribution in [1.82, 2.24) is 5.32 Å². The molecule has 1 saturated heterocycles. The van der Waals surface area contributed by atoms with Gasteiger partial charge in [-0.2, -0.15) is 0 Å². The summed E-state index contributed by atoms with van der Waals surface area (Å²) >= 11 is 0. The van der Waals surface area contributed by atoms with Gasteiger partial charge in [0, 0.05) is 30.9 Å². The Balaban J connectivity index is 1.48. The van der Waals surface area contributed by atoms with Gasteiger partial charge in [-0.3, -0.25) is 9.59 Å². The van der Waals surface area contributed by atoms with Gasteiger partial charge in [-0.1, -0.05) is 60.7 Å². The van der Waals surface area contributed by atoms with Crippen LogP contribution in [0.4, 0.5) is 11.4 Å². The molecule has 5 nitrogen and oxygen atoms in total. The molecule has 31 heavy (non-hydrogen) atoms. The smallest absolute Gasteiger partial charge is 0.250 e. The molecule has 0 aliphatic carbocycles. The van der Waals surface area contributed by atoms with E-state index >= 15 is 0 Å². The fourth-order valence-corrected chi connectivity index (χ4v) is 3.92. The summed E-state index contributed by atoms with van der Waals surface area (Å²) in [6, 6.07) is 27.3. The van der Waals surface area contributed by atoms with Crippen LogP contribution >= 0.6 is 0 Å². The summed E-state index contributed by atoms with van der Waals surface area (Å²) < 4.78 is 0. The van der Waals surface area contributed by atoms with Gasteiger partial charge < -0.3 is 15.5 Å². The average Bonchev–Trinajstić information content (AvgIpc) is 3.24. The molecule has 158 valence electrons. The number of amides is 2. The molecular weight excluding hydrogens is 386 g/mol. The topological polar surface area (TPSA) is 61.4 Å². The summed E-state index contributed by atoms with van der Waals surface area (Å²) in [6.45, 7) is 3.08. The molecule has 0 radical (unpaired) electrons. The maximum atomic E-state index is 13.3. The van der Waals surface area contributed by atoms with E-state index in [4.69, 9.17) is 0 Å². The number of hydrogen-bond acceptors (Lipinski definition) is 3. The molecule has 3 aromatic rings. The number of carbonyl (C=O) groups is 2. The van der Waals surface area contributed by atoms with Gasteiger partial charge in [0.15, 0.2) is 0 Å². The second kappa shape index (κ2) is 9.04. The molecule has 5 heteroatoms. The molecular formula is C26H27N3O2. The van der Waals surface area contributed by atoms with Crippen LogP contribution in [0.15, 0.2) is 84.9 Å². The summed E-state index contributed by atoms with van der Waals surface area (Å²) in [6.07, 6.45) is 1.52. The van der Waals surface area contributed by atoms with Crippen LogP contribution in [0.25, 0.3) is 0 Å². The zero-order chi connectivity index (χ0) is 21.7. The van der Waals surface area contributed by atoms with Crippen molar-refractivity contribution in [3.05, 3.63) is 96.1 Å². The van der Waals surface area contributed by atoms with Crippen molar-refractivity contribution in [3.8, 4) is 0 Å². The summed E-state index contributed by atoms with van der Waals surface area (Å²) in [5.41, 5.74) is 2.74. The van der Waals surface area contributed by atoms with Gasteiger partial charge >= 0.3 is 0 Å². The lowest BCUT2D eigenvalue weighted by molar-refractivity contribution is -0.125. The fourth-order valence-electron chi connectivity index (χ4n) is 3.92. The van der Waals surface area contributed by atoms with E-state index in [1.54, 1.807) is 0 Å². The lowest BCUT2D eigenvalue weighted by Crippen LogP contribution is -2.47. The van der Waals surface area contributed by atoms with Crippen LogP contribution in [-0.2, 0) is 21.7 Å². The van der Waals surface area contributed by atoms with Crippen LogP contribution in [0.3, 0.4) is 0 Å². The number of hydrogen-bond donors (Lipinski definition) is 2. The van der Waals surface area contributed by atoms with E-state index in [-0.39, 0.29) is 11.8 Å². The summed E-state index contributed by atoms with van der Waals surface area (Å²) in [7, 11) is 0. The van der Waals surface area contributed by atoms with Crippen LogP contribution in [0.5, 0.6) is 0 Å². The van der Waals surface area contributed by atoms with E-state index in [1.807, 2.05) is 96.8 Å². The molecule has 2 amide bonds. The first-order valence-corrected chi connectivity index (χ1v) is 10.6. The third-order valence-corrected chi connectivity index (χ3v) is 5.75. The van der Waals surface area contributed by atoms with Crippen molar-refractivity contribution in [2.24, 2.45) is 0 Å². The molecule has 3 aromatic carbocycles. The van der Waals surface area contributed by atoms with E-state index in [1.165, 1.54) is 0 Å². The molecule has 4 rings (SSSR count). The minimum Gasteiger partial charge on any atom is -0.368 e. The molecule has 2 N–H and O–H groups in total. The van der Waals surface area contributed by atoms with E-state index < -0.39 is 5.54 Å². The van der Waals surface area contributed by atoms with E-state index in [2.05, 4.69) is 10.6 Å². The van der Waals surface area contributed by atoms with Crippen LogP contribution in [0.2, 0.25) is 0 Å². The predicted molar refractivity (Wildman–Crippen MR) is 124 cm³/mol. The molecule has 1 unspecified atom stereocenters. The molecule has 1 fully saturated rings. The van der Waals surface area contributed by atoms with E-state index in [0.717, 1.165) is 35.5 Å². The Morgan fingerprint density at radius 1 is 0.935 bits per heavy atom. The van der Waals surface area contributed by atoms with Gasteiger partial charge in [-0.25, -0.2) is 0 Å². The van der Waals surface area contributed by atoms with Crippen LogP contribution in [-0.4, -0.2) is 18.4 Å². The molecule has 0 saturated carbocycles.